The van der Waals surface area contributed by atoms with E-state index >= 15 is 0 Å². The van der Waals surface area contributed by atoms with Crippen LogP contribution in [0, 0.1) is 17.6 Å². The molecule has 1 aliphatic rings. The number of rotatable bonds is 1. The first-order chi connectivity index (χ1) is 9.06. The first-order valence-electron chi connectivity index (χ1n) is 6.12. The smallest absolute Gasteiger partial charge is 0.166 e. The minimum Gasteiger partial charge on any atom is -0.294 e. The van der Waals surface area contributed by atoms with Crippen LogP contribution in [0.5, 0.6) is 0 Å². The molecule has 0 saturated carbocycles. The number of nitrogens with zero attached hydrogens (tertiary/aromatic N) is 2. The van der Waals surface area contributed by atoms with Gasteiger partial charge in [-0.15, -0.1) is 0 Å². The van der Waals surface area contributed by atoms with Gasteiger partial charge in [-0.3, -0.25) is 4.79 Å². The van der Waals surface area contributed by atoms with Gasteiger partial charge in [0.15, 0.2) is 11.6 Å². The Morgan fingerprint density at radius 3 is 2.84 bits per heavy atom. The number of Topliss-reactive ketones (excluding diaryl/α,β-unsaturated/α-hetero) is 1. The molecule has 0 N–H and O–H groups in total. The highest BCUT2D eigenvalue weighted by atomic mass is 19.1. The molecule has 3 rings (SSSR count). The van der Waals surface area contributed by atoms with Gasteiger partial charge in [0, 0.05) is 12.5 Å². The number of fused-ring (bicyclic) bond motifs is 1. The zero-order chi connectivity index (χ0) is 13.6. The standard InChI is InChI=1S/C14H12F2N2O/c1-8-4-13-10(14(19)5-8)7-17-18(13)12-3-2-9(15)6-11(12)16/h2-3,6-8H,4-5H2,1H3/t8-/m0/s1. The van der Waals surface area contributed by atoms with Gasteiger partial charge in [-0.05, 0) is 24.5 Å². The highest BCUT2D eigenvalue weighted by Crippen LogP contribution is 2.27. The lowest BCUT2D eigenvalue weighted by Gasteiger charge is -2.19. The number of carbonyl (C=O) groups is 1. The monoisotopic (exact) mass is 262 g/mol. The number of ketones is 1. The van der Waals surface area contributed by atoms with E-state index in [4.69, 9.17) is 0 Å². The normalized spacial score (nSPS) is 18.5. The van der Waals surface area contributed by atoms with Crippen molar-refractivity contribution in [3.63, 3.8) is 0 Å². The van der Waals surface area contributed by atoms with Crippen LogP contribution in [0.1, 0.15) is 29.4 Å². The van der Waals surface area contributed by atoms with Crippen LogP contribution in [0.4, 0.5) is 8.78 Å². The number of hydrogen-bond acceptors (Lipinski definition) is 2. The molecule has 0 fully saturated rings. The number of benzene rings is 1. The highest BCUT2D eigenvalue weighted by molar-refractivity contribution is 5.98. The Balaban J connectivity index is 2.14. The summed E-state index contributed by atoms with van der Waals surface area (Å²) in [6.07, 6.45) is 2.62. The minimum absolute atomic E-state index is 0.0301. The van der Waals surface area contributed by atoms with E-state index in [-0.39, 0.29) is 17.4 Å². The molecule has 0 unspecified atom stereocenters. The summed E-state index contributed by atoms with van der Waals surface area (Å²) in [4.78, 5) is 11.9. The molecule has 19 heavy (non-hydrogen) atoms. The third-order valence-electron chi connectivity index (χ3n) is 3.38. The quantitative estimate of drug-likeness (QED) is 0.792. The molecule has 0 spiro atoms. The topological polar surface area (TPSA) is 34.9 Å². The predicted octanol–water partition coefficient (Wildman–Crippen LogP) is 2.92. The zero-order valence-corrected chi connectivity index (χ0v) is 10.4. The highest BCUT2D eigenvalue weighted by Gasteiger charge is 2.27. The van der Waals surface area contributed by atoms with E-state index in [0.717, 1.165) is 6.07 Å². The van der Waals surface area contributed by atoms with Crippen molar-refractivity contribution in [2.75, 3.05) is 0 Å². The molecular weight excluding hydrogens is 250 g/mol. The summed E-state index contributed by atoms with van der Waals surface area (Å²) in [5, 5.41) is 4.08. The lowest BCUT2D eigenvalue weighted by Crippen LogP contribution is -2.19. The van der Waals surface area contributed by atoms with Crippen molar-refractivity contribution < 1.29 is 13.6 Å². The van der Waals surface area contributed by atoms with Crippen LogP contribution in [0.25, 0.3) is 5.69 Å². The van der Waals surface area contributed by atoms with Crippen LogP contribution in [0.2, 0.25) is 0 Å². The molecule has 0 saturated heterocycles. The molecular formula is C14H12F2N2O. The number of carbonyl (C=O) groups excluding carboxylic acids is 1. The third-order valence-corrected chi connectivity index (χ3v) is 3.38. The summed E-state index contributed by atoms with van der Waals surface area (Å²) >= 11 is 0. The van der Waals surface area contributed by atoms with Gasteiger partial charge in [0.2, 0.25) is 0 Å². The second-order valence-electron chi connectivity index (χ2n) is 4.95. The van der Waals surface area contributed by atoms with Gasteiger partial charge in [0.05, 0.1) is 17.5 Å². The van der Waals surface area contributed by atoms with E-state index in [9.17, 15) is 13.6 Å². The Hall–Kier alpha value is -2.04. The Morgan fingerprint density at radius 2 is 2.11 bits per heavy atom. The Morgan fingerprint density at radius 1 is 1.32 bits per heavy atom. The number of aromatic nitrogens is 2. The van der Waals surface area contributed by atoms with E-state index in [0.29, 0.717) is 24.1 Å². The van der Waals surface area contributed by atoms with Crippen molar-refractivity contribution >= 4 is 5.78 Å². The van der Waals surface area contributed by atoms with E-state index < -0.39 is 11.6 Å². The van der Waals surface area contributed by atoms with Crippen LogP contribution in [0.15, 0.2) is 24.4 Å². The first-order valence-corrected chi connectivity index (χ1v) is 6.12. The third kappa shape index (κ3) is 1.95. The molecule has 5 heteroatoms. The van der Waals surface area contributed by atoms with Crippen LogP contribution >= 0.6 is 0 Å². The van der Waals surface area contributed by atoms with Gasteiger partial charge >= 0.3 is 0 Å². The van der Waals surface area contributed by atoms with Gasteiger partial charge in [0.25, 0.3) is 0 Å². The molecule has 98 valence electrons. The van der Waals surface area contributed by atoms with Crippen LogP contribution in [-0.4, -0.2) is 15.6 Å². The minimum atomic E-state index is -0.684. The fourth-order valence-corrected chi connectivity index (χ4v) is 2.49. The molecule has 1 aromatic heterocycles. The summed E-state index contributed by atoms with van der Waals surface area (Å²) < 4.78 is 28.1. The van der Waals surface area contributed by atoms with Crippen molar-refractivity contribution in [2.45, 2.75) is 19.8 Å². The molecule has 1 aromatic carbocycles. The van der Waals surface area contributed by atoms with Gasteiger partial charge in [-0.1, -0.05) is 6.92 Å². The molecule has 0 amide bonds. The van der Waals surface area contributed by atoms with Gasteiger partial charge in [0.1, 0.15) is 11.5 Å². The van der Waals surface area contributed by atoms with Crippen LogP contribution in [0.3, 0.4) is 0 Å². The maximum atomic E-state index is 13.8. The van der Waals surface area contributed by atoms with Crippen molar-refractivity contribution in [3.05, 3.63) is 47.3 Å². The molecule has 3 nitrogen and oxygen atoms in total. The number of hydrogen-bond donors (Lipinski definition) is 0. The fourth-order valence-electron chi connectivity index (χ4n) is 2.49. The molecule has 2 aromatic rings. The maximum absolute atomic E-state index is 13.8. The second kappa shape index (κ2) is 4.26. The van der Waals surface area contributed by atoms with Gasteiger partial charge < -0.3 is 0 Å². The molecule has 0 radical (unpaired) electrons. The summed E-state index contributed by atoms with van der Waals surface area (Å²) in [6, 6.07) is 3.33. The van der Waals surface area contributed by atoms with Crippen molar-refractivity contribution in [1.29, 1.82) is 0 Å². The second-order valence-corrected chi connectivity index (χ2v) is 4.95. The molecule has 1 atom stereocenters. The average Bonchev–Trinajstić information content (AvgIpc) is 2.73. The Labute approximate surface area is 108 Å². The first kappa shape index (κ1) is 12.0. The van der Waals surface area contributed by atoms with E-state index in [1.165, 1.54) is 23.0 Å². The Bertz CT molecular complexity index is 663. The van der Waals surface area contributed by atoms with E-state index in [1.54, 1.807) is 0 Å². The van der Waals surface area contributed by atoms with Crippen molar-refractivity contribution in [1.82, 2.24) is 9.78 Å². The summed E-state index contributed by atoms with van der Waals surface area (Å²) in [5.41, 5.74) is 1.42. The molecule has 1 heterocycles. The average molecular weight is 262 g/mol. The Kier molecular flexibility index (Phi) is 2.69. The lowest BCUT2D eigenvalue weighted by atomic mass is 9.88. The van der Waals surface area contributed by atoms with E-state index in [1.807, 2.05) is 6.92 Å². The van der Waals surface area contributed by atoms with Crippen molar-refractivity contribution in [3.8, 4) is 5.69 Å². The van der Waals surface area contributed by atoms with Crippen LogP contribution < -0.4 is 0 Å². The summed E-state index contributed by atoms with van der Waals surface area (Å²) in [5.74, 6) is -1.08. The lowest BCUT2D eigenvalue weighted by molar-refractivity contribution is 0.0952. The van der Waals surface area contributed by atoms with E-state index in [2.05, 4.69) is 5.10 Å². The SMILES string of the molecule is C[C@@H]1CC(=O)c2cnn(-c3ccc(F)cc3F)c2C1. The number of halogens is 2. The van der Waals surface area contributed by atoms with Gasteiger partial charge in [-0.2, -0.15) is 5.10 Å². The maximum Gasteiger partial charge on any atom is 0.166 e. The summed E-state index contributed by atoms with van der Waals surface area (Å²) in [6.45, 7) is 1.97. The molecule has 1 aliphatic carbocycles. The van der Waals surface area contributed by atoms with Crippen molar-refractivity contribution in [2.24, 2.45) is 5.92 Å². The largest absolute Gasteiger partial charge is 0.294 e. The van der Waals surface area contributed by atoms with Gasteiger partial charge in [-0.25, -0.2) is 13.5 Å². The summed E-state index contributed by atoms with van der Waals surface area (Å²) in [7, 11) is 0. The molecule has 0 bridgehead atoms. The zero-order valence-electron chi connectivity index (χ0n) is 10.4. The predicted molar refractivity (Wildman–Crippen MR) is 65.3 cm³/mol. The fraction of sp³-hybridized carbons (Fsp3) is 0.286. The molecule has 0 aliphatic heterocycles. The van der Waals surface area contributed by atoms with Crippen LogP contribution in [-0.2, 0) is 6.42 Å².